The molecule has 5 nitrogen and oxygen atoms in total. The number of fused-ring (bicyclic) bond motifs is 1. The fourth-order valence-corrected chi connectivity index (χ4v) is 4.86. The molecule has 7 heteroatoms. The smallest absolute Gasteiger partial charge is 0.241 e. The van der Waals surface area contributed by atoms with Crippen LogP contribution in [0.25, 0.3) is 4.96 Å². The van der Waals surface area contributed by atoms with Gasteiger partial charge in [0.15, 0.2) is 4.96 Å². The summed E-state index contributed by atoms with van der Waals surface area (Å²) < 4.78 is 29.7. The fourth-order valence-electron chi connectivity index (χ4n) is 2.69. The second kappa shape index (κ2) is 5.49. The number of aryl methyl sites for hydroxylation is 3. The highest BCUT2D eigenvalue weighted by molar-refractivity contribution is 7.89. The first kappa shape index (κ1) is 15.2. The van der Waals surface area contributed by atoms with Crippen molar-refractivity contribution in [3.05, 3.63) is 52.3 Å². The van der Waals surface area contributed by atoms with E-state index in [4.69, 9.17) is 0 Å². The van der Waals surface area contributed by atoms with Gasteiger partial charge in [-0.25, -0.2) is 18.1 Å². The Morgan fingerprint density at radius 1 is 1.23 bits per heavy atom. The number of benzene rings is 1. The fraction of sp³-hybridized carbons (Fsp3) is 0.267. The lowest BCUT2D eigenvalue weighted by Gasteiger charge is -2.12. The Morgan fingerprint density at radius 3 is 2.55 bits per heavy atom. The van der Waals surface area contributed by atoms with Crippen LogP contribution in [-0.4, -0.2) is 17.8 Å². The molecule has 0 radical (unpaired) electrons. The first-order chi connectivity index (χ1) is 10.4. The highest BCUT2D eigenvalue weighted by Gasteiger charge is 2.20. The molecule has 2 heterocycles. The van der Waals surface area contributed by atoms with Gasteiger partial charge in [-0.3, -0.25) is 4.40 Å². The Bertz CT molecular complexity index is 887. The zero-order valence-electron chi connectivity index (χ0n) is 12.6. The average molecular weight is 335 g/mol. The van der Waals surface area contributed by atoms with Crippen molar-refractivity contribution >= 4 is 26.3 Å². The number of hydrogen-bond acceptors (Lipinski definition) is 4. The maximum atomic E-state index is 12.6. The van der Waals surface area contributed by atoms with E-state index in [2.05, 4.69) is 9.71 Å². The maximum Gasteiger partial charge on any atom is 0.241 e. The van der Waals surface area contributed by atoms with E-state index in [1.807, 2.05) is 55.1 Å². The Morgan fingerprint density at radius 2 is 1.91 bits per heavy atom. The van der Waals surface area contributed by atoms with Crippen LogP contribution < -0.4 is 4.72 Å². The average Bonchev–Trinajstić information content (AvgIpc) is 2.95. The number of sulfonamides is 1. The van der Waals surface area contributed by atoms with Crippen LogP contribution in [0.4, 0.5) is 0 Å². The predicted molar refractivity (Wildman–Crippen MR) is 87.7 cm³/mol. The molecular weight excluding hydrogens is 318 g/mol. The van der Waals surface area contributed by atoms with E-state index < -0.39 is 10.0 Å². The van der Waals surface area contributed by atoms with E-state index in [0.717, 1.165) is 21.7 Å². The first-order valence-electron chi connectivity index (χ1n) is 6.85. The molecule has 116 valence electrons. The minimum absolute atomic E-state index is 0.184. The molecule has 0 spiro atoms. The third-order valence-corrected chi connectivity index (χ3v) is 5.94. The first-order valence-corrected chi connectivity index (χ1v) is 9.22. The molecule has 0 fully saturated rings. The third kappa shape index (κ3) is 2.79. The quantitative estimate of drug-likeness (QED) is 0.797. The molecule has 0 saturated heterocycles. The van der Waals surface area contributed by atoms with Crippen molar-refractivity contribution in [1.29, 1.82) is 0 Å². The summed E-state index contributed by atoms with van der Waals surface area (Å²) in [5, 5.41) is 1.94. The predicted octanol–water partition coefficient (Wildman–Crippen LogP) is 2.80. The lowest BCUT2D eigenvalue weighted by molar-refractivity contribution is 0.579. The van der Waals surface area contributed by atoms with Crippen LogP contribution >= 0.6 is 11.3 Å². The molecule has 22 heavy (non-hydrogen) atoms. The Kier molecular flexibility index (Phi) is 3.80. The van der Waals surface area contributed by atoms with Crippen molar-refractivity contribution in [2.45, 2.75) is 32.2 Å². The van der Waals surface area contributed by atoms with Crippen molar-refractivity contribution in [3.8, 4) is 0 Å². The van der Waals surface area contributed by atoms with Gasteiger partial charge in [0.1, 0.15) is 0 Å². The number of aromatic nitrogens is 2. The lowest BCUT2D eigenvalue weighted by atomic mass is 10.1. The van der Waals surface area contributed by atoms with Crippen LogP contribution in [0.1, 0.15) is 22.4 Å². The Hall–Kier alpha value is -1.70. The SMILES string of the molecule is Cc1cc(C)c(S(=O)(=O)NCc2cn3ccsc3n2)c(C)c1. The van der Waals surface area contributed by atoms with Gasteiger partial charge < -0.3 is 0 Å². The molecule has 2 aromatic heterocycles. The largest absolute Gasteiger partial charge is 0.297 e. The second-order valence-corrected chi connectivity index (χ2v) is 7.95. The monoisotopic (exact) mass is 335 g/mol. The molecule has 0 aliphatic rings. The topological polar surface area (TPSA) is 63.5 Å². The highest BCUT2D eigenvalue weighted by atomic mass is 32.2. The van der Waals surface area contributed by atoms with E-state index in [-0.39, 0.29) is 6.54 Å². The number of nitrogens with zero attached hydrogens (tertiary/aromatic N) is 2. The Balaban J connectivity index is 1.86. The molecule has 1 N–H and O–H groups in total. The summed E-state index contributed by atoms with van der Waals surface area (Å²) in [4.78, 5) is 5.60. The number of imidazole rings is 1. The van der Waals surface area contributed by atoms with E-state index in [0.29, 0.717) is 10.6 Å². The van der Waals surface area contributed by atoms with E-state index in [1.165, 1.54) is 11.3 Å². The highest BCUT2D eigenvalue weighted by Crippen LogP contribution is 2.22. The summed E-state index contributed by atoms with van der Waals surface area (Å²) in [6.45, 7) is 5.79. The lowest BCUT2D eigenvalue weighted by Crippen LogP contribution is -2.25. The number of hydrogen-bond donors (Lipinski definition) is 1. The van der Waals surface area contributed by atoms with Crippen LogP contribution in [0.2, 0.25) is 0 Å². The van der Waals surface area contributed by atoms with Gasteiger partial charge in [0, 0.05) is 17.8 Å². The number of rotatable bonds is 4. The van der Waals surface area contributed by atoms with Crippen molar-refractivity contribution < 1.29 is 8.42 Å². The van der Waals surface area contributed by atoms with E-state index in [9.17, 15) is 8.42 Å². The van der Waals surface area contributed by atoms with Gasteiger partial charge in [0.2, 0.25) is 10.0 Å². The standard InChI is InChI=1S/C15H17N3O2S2/c1-10-6-11(2)14(12(3)7-10)22(19,20)16-8-13-9-18-4-5-21-15(18)17-13/h4-7,9,16H,8H2,1-3H3. The second-order valence-electron chi connectivity index (χ2n) is 5.38. The molecular formula is C15H17N3O2S2. The van der Waals surface area contributed by atoms with Crippen molar-refractivity contribution in [2.75, 3.05) is 0 Å². The van der Waals surface area contributed by atoms with Gasteiger partial charge in [-0.1, -0.05) is 17.7 Å². The van der Waals surface area contributed by atoms with E-state index in [1.54, 1.807) is 0 Å². The molecule has 3 aromatic rings. The zero-order chi connectivity index (χ0) is 15.9. The van der Waals surface area contributed by atoms with Gasteiger partial charge in [0.25, 0.3) is 0 Å². The van der Waals surface area contributed by atoms with Crippen LogP contribution in [0.3, 0.4) is 0 Å². The number of nitrogens with one attached hydrogen (secondary N) is 1. The molecule has 1 aromatic carbocycles. The van der Waals surface area contributed by atoms with Gasteiger partial charge in [-0.2, -0.15) is 0 Å². The summed E-state index contributed by atoms with van der Waals surface area (Å²) in [7, 11) is -3.55. The molecule has 0 atom stereocenters. The molecule has 0 amide bonds. The van der Waals surface area contributed by atoms with Crippen LogP contribution in [0.15, 0.2) is 34.8 Å². The van der Waals surface area contributed by atoms with E-state index >= 15 is 0 Å². The molecule has 0 unspecified atom stereocenters. The molecule has 0 bridgehead atoms. The van der Waals surface area contributed by atoms with Gasteiger partial charge in [-0.15, -0.1) is 11.3 Å². The van der Waals surface area contributed by atoms with Crippen molar-refractivity contribution in [3.63, 3.8) is 0 Å². The summed E-state index contributed by atoms with van der Waals surface area (Å²) in [5.41, 5.74) is 3.28. The summed E-state index contributed by atoms with van der Waals surface area (Å²) in [6, 6.07) is 3.77. The van der Waals surface area contributed by atoms with Crippen molar-refractivity contribution in [2.24, 2.45) is 0 Å². The molecule has 0 saturated carbocycles. The molecule has 3 rings (SSSR count). The normalized spacial score (nSPS) is 12.1. The van der Waals surface area contributed by atoms with Crippen LogP contribution in [0, 0.1) is 20.8 Å². The van der Waals surface area contributed by atoms with Gasteiger partial charge in [-0.05, 0) is 31.9 Å². The zero-order valence-corrected chi connectivity index (χ0v) is 14.3. The number of thiazole rings is 1. The summed E-state index contributed by atoms with van der Waals surface area (Å²) in [5.74, 6) is 0. The molecule has 0 aliphatic carbocycles. The maximum absolute atomic E-state index is 12.6. The summed E-state index contributed by atoms with van der Waals surface area (Å²) >= 11 is 1.52. The summed E-state index contributed by atoms with van der Waals surface area (Å²) in [6.07, 6.45) is 3.74. The minimum Gasteiger partial charge on any atom is -0.297 e. The van der Waals surface area contributed by atoms with Crippen molar-refractivity contribution in [1.82, 2.24) is 14.1 Å². The van der Waals surface area contributed by atoms with Gasteiger partial charge in [0.05, 0.1) is 17.1 Å². The van der Waals surface area contributed by atoms with Crippen LogP contribution in [0.5, 0.6) is 0 Å². The van der Waals surface area contributed by atoms with Gasteiger partial charge >= 0.3 is 0 Å². The Labute approximate surface area is 133 Å². The molecule has 0 aliphatic heterocycles. The third-order valence-electron chi connectivity index (χ3n) is 3.46. The van der Waals surface area contributed by atoms with Crippen LogP contribution in [-0.2, 0) is 16.6 Å². The minimum atomic E-state index is -3.55.